The Morgan fingerprint density at radius 1 is 1.00 bits per heavy atom. The lowest BCUT2D eigenvalue weighted by atomic mass is 9.46. The normalized spacial score (nSPS) is 50.2. The van der Waals surface area contributed by atoms with Crippen molar-refractivity contribution in [3.63, 3.8) is 0 Å². The summed E-state index contributed by atoms with van der Waals surface area (Å²) in [7, 11) is 0. The highest BCUT2D eigenvalue weighted by atomic mass is 16.3. The summed E-state index contributed by atoms with van der Waals surface area (Å²) in [6.07, 6.45) is 14.4. The lowest BCUT2D eigenvalue weighted by Gasteiger charge is -2.59. The zero-order valence-electron chi connectivity index (χ0n) is 19.0. The van der Waals surface area contributed by atoms with Crippen LogP contribution in [0.1, 0.15) is 98.8 Å². The Bertz CT molecular complexity index is 620. The minimum atomic E-state index is -0.487. The number of hydrogen-bond donors (Lipinski definition) is 2. The van der Waals surface area contributed by atoms with Crippen molar-refractivity contribution in [2.45, 2.75) is 111 Å². The van der Waals surface area contributed by atoms with Gasteiger partial charge in [0.25, 0.3) is 0 Å². The van der Waals surface area contributed by atoms with E-state index in [1.54, 1.807) is 5.57 Å². The van der Waals surface area contributed by atoms with E-state index in [2.05, 4.69) is 26.8 Å². The van der Waals surface area contributed by atoms with Crippen LogP contribution in [0.2, 0.25) is 0 Å². The first-order chi connectivity index (χ1) is 13.1. The van der Waals surface area contributed by atoms with E-state index in [4.69, 9.17) is 0 Å². The lowest BCUT2D eigenvalue weighted by molar-refractivity contribution is -0.0708. The molecule has 0 aliphatic heterocycles. The van der Waals surface area contributed by atoms with Crippen LogP contribution in [0.15, 0.2) is 11.6 Å². The third kappa shape index (κ3) is 3.31. The molecule has 4 aliphatic rings. The van der Waals surface area contributed by atoms with Crippen LogP contribution >= 0.6 is 0 Å². The molecule has 160 valence electrons. The van der Waals surface area contributed by atoms with Crippen molar-refractivity contribution in [3.8, 4) is 0 Å². The molecule has 0 aromatic heterocycles. The van der Waals surface area contributed by atoms with E-state index in [1.165, 1.54) is 44.9 Å². The number of rotatable bonds is 4. The number of aliphatic hydroxyl groups is 2. The zero-order valence-corrected chi connectivity index (χ0v) is 19.0. The Labute approximate surface area is 173 Å². The van der Waals surface area contributed by atoms with Gasteiger partial charge in [0.1, 0.15) is 0 Å². The van der Waals surface area contributed by atoms with Gasteiger partial charge < -0.3 is 10.2 Å². The van der Waals surface area contributed by atoms with Crippen LogP contribution < -0.4 is 0 Å². The average molecular weight is 389 g/mol. The minimum absolute atomic E-state index is 0.159. The smallest absolute Gasteiger partial charge is 0.0657 e. The molecule has 0 bridgehead atoms. The third-order valence-corrected chi connectivity index (χ3v) is 10.2. The van der Waals surface area contributed by atoms with Gasteiger partial charge in [-0.2, -0.15) is 0 Å². The van der Waals surface area contributed by atoms with E-state index in [1.807, 2.05) is 13.8 Å². The predicted octanol–water partition coefficient (Wildman–Crippen LogP) is 6.11. The molecule has 0 spiro atoms. The van der Waals surface area contributed by atoms with Crippen LogP contribution in [0.25, 0.3) is 0 Å². The van der Waals surface area contributed by atoms with Crippen molar-refractivity contribution in [2.75, 3.05) is 0 Å². The first kappa shape index (κ1) is 20.9. The number of aliphatic hydroxyl groups excluding tert-OH is 1. The first-order valence-corrected chi connectivity index (χ1v) is 12.2. The topological polar surface area (TPSA) is 40.5 Å². The van der Waals surface area contributed by atoms with Gasteiger partial charge in [0.2, 0.25) is 0 Å². The summed E-state index contributed by atoms with van der Waals surface area (Å²) in [6.45, 7) is 11.6. The number of hydrogen-bond acceptors (Lipinski definition) is 2. The summed E-state index contributed by atoms with van der Waals surface area (Å²) >= 11 is 0. The van der Waals surface area contributed by atoms with Gasteiger partial charge in [-0.3, -0.25) is 0 Å². The molecular formula is C26H44O2. The molecule has 0 heterocycles. The summed E-state index contributed by atoms with van der Waals surface area (Å²) in [5.74, 6) is 4.12. The van der Waals surface area contributed by atoms with Crippen LogP contribution in [-0.2, 0) is 0 Å². The molecule has 2 N–H and O–H groups in total. The zero-order chi connectivity index (χ0) is 20.3. The molecule has 0 unspecified atom stereocenters. The second kappa shape index (κ2) is 7.12. The Balaban J connectivity index is 1.54. The van der Waals surface area contributed by atoms with Gasteiger partial charge in [0.05, 0.1) is 11.7 Å². The maximum absolute atomic E-state index is 10.6. The highest BCUT2D eigenvalue weighted by Crippen LogP contribution is 2.67. The predicted molar refractivity (Wildman–Crippen MR) is 116 cm³/mol. The number of allylic oxidation sites excluding steroid dienone is 1. The Morgan fingerprint density at radius 2 is 1.75 bits per heavy atom. The molecule has 2 heteroatoms. The largest absolute Gasteiger partial charge is 0.393 e. The summed E-state index contributed by atoms with van der Waals surface area (Å²) < 4.78 is 0. The van der Waals surface area contributed by atoms with Crippen molar-refractivity contribution >= 4 is 0 Å². The van der Waals surface area contributed by atoms with Crippen molar-refractivity contribution in [3.05, 3.63) is 11.6 Å². The molecule has 2 nitrogen and oxygen atoms in total. The molecule has 0 aromatic rings. The Hall–Kier alpha value is -0.340. The van der Waals surface area contributed by atoms with Crippen molar-refractivity contribution in [1.82, 2.24) is 0 Å². The fourth-order valence-corrected chi connectivity index (χ4v) is 8.49. The Morgan fingerprint density at radius 3 is 2.46 bits per heavy atom. The standard InChI is InChI=1S/C26H44O2/c1-17(6-7-18(2)27)21-10-11-22-20-9-8-19-16-24(3,28)14-15-25(19,4)23(20)12-13-26(21,22)5/h8,17-18,20-23,27-28H,6-7,9-16H2,1-5H3/t17-,18+,20+,21-,22+,23+,24+,25+,26-/m1/s1. The highest BCUT2D eigenvalue weighted by Gasteiger charge is 2.59. The molecule has 4 rings (SSSR count). The highest BCUT2D eigenvalue weighted by molar-refractivity contribution is 5.26. The summed E-state index contributed by atoms with van der Waals surface area (Å²) in [5, 5.41) is 20.4. The molecule has 4 aliphatic carbocycles. The van der Waals surface area contributed by atoms with Gasteiger partial charge in [-0.15, -0.1) is 0 Å². The molecule has 0 radical (unpaired) electrons. The van der Waals surface area contributed by atoms with Crippen LogP contribution in [0.5, 0.6) is 0 Å². The number of fused-ring (bicyclic) bond motifs is 5. The van der Waals surface area contributed by atoms with Crippen LogP contribution in [0, 0.1) is 40.4 Å². The van der Waals surface area contributed by atoms with Gasteiger partial charge in [-0.25, -0.2) is 0 Å². The molecule has 28 heavy (non-hydrogen) atoms. The fourth-order valence-electron chi connectivity index (χ4n) is 8.49. The summed E-state index contributed by atoms with van der Waals surface area (Å²) in [6, 6.07) is 0. The summed E-state index contributed by atoms with van der Waals surface area (Å²) in [4.78, 5) is 0. The monoisotopic (exact) mass is 388 g/mol. The van der Waals surface area contributed by atoms with Gasteiger partial charge in [-0.05, 0) is 118 Å². The van der Waals surface area contributed by atoms with Gasteiger partial charge in [0.15, 0.2) is 0 Å². The maximum atomic E-state index is 10.6. The molecular weight excluding hydrogens is 344 g/mol. The van der Waals surface area contributed by atoms with E-state index in [-0.39, 0.29) is 6.10 Å². The second-order valence-corrected chi connectivity index (χ2v) is 12.1. The molecule has 0 saturated heterocycles. The van der Waals surface area contributed by atoms with Crippen molar-refractivity contribution in [1.29, 1.82) is 0 Å². The van der Waals surface area contributed by atoms with E-state index in [0.29, 0.717) is 10.8 Å². The maximum Gasteiger partial charge on any atom is 0.0657 e. The molecule has 3 saturated carbocycles. The molecule has 0 aromatic carbocycles. The van der Waals surface area contributed by atoms with Crippen LogP contribution in [0.3, 0.4) is 0 Å². The van der Waals surface area contributed by atoms with E-state index >= 15 is 0 Å². The van der Waals surface area contributed by atoms with E-state index in [0.717, 1.165) is 48.9 Å². The van der Waals surface area contributed by atoms with Crippen molar-refractivity contribution in [2.24, 2.45) is 40.4 Å². The van der Waals surface area contributed by atoms with Crippen LogP contribution in [-0.4, -0.2) is 21.9 Å². The van der Waals surface area contributed by atoms with Crippen LogP contribution in [0.4, 0.5) is 0 Å². The van der Waals surface area contributed by atoms with E-state index in [9.17, 15) is 10.2 Å². The fraction of sp³-hybridized carbons (Fsp3) is 0.923. The first-order valence-electron chi connectivity index (χ1n) is 12.2. The van der Waals surface area contributed by atoms with Gasteiger partial charge in [-0.1, -0.05) is 32.4 Å². The minimum Gasteiger partial charge on any atom is -0.393 e. The lowest BCUT2D eigenvalue weighted by Crippen LogP contribution is -2.52. The quantitative estimate of drug-likeness (QED) is 0.570. The molecule has 9 atom stereocenters. The summed E-state index contributed by atoms with van der Waals surface area (Å²) in [5.41, 5.74) is 1.93. The molecule has 0 amide bonds. The van der Waals surface area contributed by atoms with Gasteiger partial charge in [0, 0.05) is 0 Å². The SMILES string of the molecule is C[C@H](O)CC[C@@H](C)[C@H]1CC[C@H]2[C@@H]3CC=C4C[C@@](C)(O)CC[C@]4(C)[C@H]3CC[C@]12C. The second-order valence-electron chi connectivity index (χ2n) is 12.1. The average Bonchev–Trinajstić information content (AvgIpc) is 2.97. The molecule has 3 fully saturated rings. The van der Waals surface area contributed by atoms with Gasteiger partial charge >= 0.3 is 0 Å². The van der Waals surface area contributed by atoms with Crippen molar-refractivity contribution < 1.29 is 10.2 Å². The van der Waals surface area contributed by atoms with E-state index < -0.39 is 5.60 Å². The Kier molecular flexibility index (Phi) is 5.32. The third-order valence-electron chi connectivity index (χ3n) is 10.2.